The number of carboxylic acids is 3. The third-order valence-electron chi connectivity index (χ3n) is 5.80. The van der Waals surface area contributed by atoms with Gasteiger partial charge in [-0.1, -0.05) is 32.4 Å². The van der Waals surface area contributed by atoms with Gasteiger partial charge in [0.2, 0.25) is 17.7 Å². The highest BCUT2D eigenvalue weighted by atomic mass is 16.4. The molecule has 0 bridgehead atoms. The van der Waals surface area contributed by atoms with Crippen LogP contribution < -0.4 is 21.7 Å². The fourth-order valence-electron chi connectivity index (χ4n) is 3.39. The second kappa shape index (κ2) is 15.1. The minimum absolute atomic E-state index is 0.0101. The van der Waals surface area contributed by atoms with E-state index in [0.29, 0.717) is 12.0 Å². The molecule has 5 unspecified atom stereocenters. The summed E-state index contributed by atoms with van der Waals surface area (Å²) in [5.41, 5.74) is 6.51. The fraction of sp³-hybridized carbons (Fsp3) is 0.500. The Morgan fingerprint density at radius 1 is 0.842 bits per heavy atom. The summed E-state index contributed by atoms with van der Waals surface area (Å²) in [4.78, 5) is 72.3. The molecule has 3 amide bonds. The van der Waals surface area contributed by atoms with Crippen molar-refractivity contribution < 1.29 is 49.2 Å². The molecule has 0 spiro atoms. The molecule has 1 aromatic rings. The van der Waals surface area contributed by atoms with E-state index >= 15 is 0 Å². The lowest BCUT2D eigenvalue weighted by Gasteiger charge is -2.26. The Labute approximate surface area is 218 Å². The summed E-state index contributed by atoms with van der Waals surface area (Å²) in [7, 11) is 0. The van der Waals surface area contributed by atoms with E-state index in [1.54, 1.807) is 13.8 Å². The first kappa shape index (κ1) is 31.8. The zero-order chi connectivity index (χ0) is 29.0. The van der Waals surface area contributed by atoms with Gasteiger partial charge in [0, 0.05) is 6.42 Å². The van der Waals surface area contributed by atoms with Crippen LogP contribution in [0.5, 0.6) is 5.75 Å². The number of carbonyl (C=O) groups is 6. The second-order valence-electron chi connectivity index (χ2n) is 8.84. The van der Waals surface area contributed by atoms with Crippen LogP contribution in [-0.4, -0.2) is 80.2 Å². The van der Waals surface area contributed by atoms with Crippen LogP contribution in [0.2, 0.25) is 0 Å². The van der Waals surface area contributed by atoms with Crippen molar-refractivity contribution in [3.8, 4) is 5.75 Å². The molecule has 14 heteroatoms. The Kier molecular flexibility index (Phi) is 12.7. The number of aliphatic carboxylic acids is 3. The lowest BCUT2D eigenvalue weighted by Crippen LogP contribution is -2.58. The topological polar surface area (TPSA) is 245 Å². The van der Waals surface area contributed by atoms with Gasteiger partial charge in [-0.05, 0) is 36.5 Å². The van der Waals surface area contributed by atoms with Crippen LogP contribution in [0.4, 0.5) is 0 Å². The van der Waals surface area contributed by atoms with Gasteiger partial charge in [0.05, 0.1) is 12.5 Å². The van der Waals surface area contributed by atoms with E-state index in [1.807, 2.05) is 0 Å². The van der Waals surface area contributed by atoms with Crippen LogP contribution in [-0.2, 0) is 35.2 Å². The van der Waals surface area contributed by atoms with Gasteiger partial charge in [0.1, 0.15) is 23.9 Å². The lowest BCUT2D eigenvalue weighted by atomic mass is 9.98. The summed E-state index contributed by atoms with van der Waals surface area (Å²) < 4.78 is 0. The molecule has 0 saturated carbocycles. The van der Waals surface area contributed by atoms with E-state index < -0.39 is 85.0 Å². The number of aromatic hydroxyl groups is 1. The van der Waals surface area contributed by atoms with Crippen LogP contribution in [0.1, 0.15) is 45.1 Å². The van der Waals surface area contributed by atoms with E-state index in [-0.39, 0.29) is 12.2 Å². The fourth-order valence-corrected chi connectivity index (χ4v) is 3.39. The molecule has 1 aromatic carbocycles. The molecule has 0 fully saturated rings. The normalized spacial score (nSPS) is 14.7. The first-order valence-corrected chi connectivity index (χ1v) is 11.9. The second-order valence-corrected chi connectivity index (χ2v) is 8.84. The van der Waals surface area contributed by atoms with Crippen molar-refractivity contribution in [3.05, 3.63) is 29.8 Å². The zero-order valence-corrected chi connectivity index (χ0v) is 21.0. The standard InChI is InChI=1S/C24H34N4O10/c1-3-12(2)20(24(37)38)28-23(36)17(11-19(32)33)27-22(35)16(8-9-18(30)31)26-21(34)15(25)10-13-4-6-14(29)7-5-13/h4-7,12,15-17,20,29H,3,8-11,25H2,1-2H3,(H,26,34)(H,27,35)(H,28,36)(H,30,31)(H,32,33)(H,37,38). The molecule has 0 heterocycles. The SMILES string of the molecule is CCC(C)C(NC(=O)C(CC(=O)O)NC(=O)C(CCC(=O)O)NC(=O)C(N)Cc1ccc(O)cc1)C(=O)O. The third-order valence-corrected chi connectivity index (χ3v) is 5.80. The molecule has 0 radical (unpaired) electrons. The van der Waals surface area contributed by atoms with Gasteiger partial charge in [0.15, 0.2) is 0 Å². The van der Waals surface area contributed by atoms with E-state index in [0.717, 1.165) is 0 Å². The number of amides is 3. The number of carbonyl (C=O) groups excluding carboxylic acids is 3. The molecule has 0 aromatic heterocycles. The molecule has 0 aliphatic carbocycles. The van der Waals surface area contributed by atoms with Crippen LogP contribution >= 0.6 is 0 Å². The summed E-state index contributed by atoms with van der Waals surface area (Å²) >= 11 is 0. The molecule has 0 aliphatic heterocycles. The van der Waals surface area contributed by atoms with Crippen LogP contribution in [0.3, 0.4) is 0 Å². The van der Waals surface area contributed by atoms with Crippen molar-refractivity contribution in [2.45, 2.75) is 70.1 Å². The zero-order valence-electron chi connectivity index (χ0n) is 21.0. The first-order valence-electron chi connectivity index (χ1n) is 11.9. The van der Waals surface area contributed by atoms with Gasteiger partial charge in [-0.15, -0.1) is 0 Å². The van der Waals surface area contributed by atoms with Gasteiger partial charge in [-0.3, -0.25) is 24.0 Å². The maximum absolute atomic E-state index is 12.9. The lowest BCUT2D eigenvalue weighted by molar-refractivity contribution is -0.144. The number of hydrogen-bond donors (Lipinski definition) is 8. The summed E-state index contributed by atoms with van der Waals surface area (Å²) in [5, 5.41) is 43.7. The van der Waals surface area contributed by atoms with Crippen molar-refractivity contribution in [2.24, 2.45) is 11.7 Å². The molecule has 14 nitrogen and oxygen atoms in total. The van der Waals surface area contributed by atoms with Gasteiger partial charge >= 0.3 is 17.9 Å². The van der Waals surface area contributed by atoms with Crippen LogP contribution in [0.15, 0.2) is 24.3 Å². The predicted octanol–water partition coefficient (Wildman–Crippen LogP) is -0.813. The molecule has 38 heavy (non-hydrogen) atoms. The van der Waals surface area contributed by atoms with Crippen molar-refractivity contribution >= 4 is 35.6 Å². The summed E-state index contributed by atoms with van der Waals surface area (Å²) in [6.45, 7) is 3.27. The minimum Gasteiger partial charge on any atom is -0.508 e. The monoisotopic (exact) mass is 538 g/mol. The van der Waals surface area contributed by atoms with Gasteiger partial charge in [0.25, 0.3) is 0 Å². The maximum Gasteiger partial charge on any atom is 0.326 e. The number of phenols is 1. The highest BCUT2D eigenvalue weighted by molar-refractivity contribution is 5.95. The van der Waals surface area contributed by atoms with Gasteiger partial charge in [-0.2, -0.15) is 0 Å². The van der Waals surface area contributed by atoms with E-state index in [4.69, 9.17) is 10.8 Å². The maximum atomic E-state index is 12.9. The highest BCUT2D eigenvalue weighted by Crippen LogP contribution is 2.12. The van der Waals surface area contributed by atoms with Crippen molar-refractivity contribution in [1.29, 1.82) is 0 Å². The number of rotatable bonds is 16. The summed E-state index contributed by atoms with van der Waals surface area (Å²) in [6.07, 6.45) is -1.43. The van der Waals surface area contributed by atoms with Gasteiger partial charge in [-0.25, -0.2) is 4.79 Å². The van der Waals surface area contributed by atoms with E-state index in [1.165, 1.54) is 24.3 Å². The molecule has 1 rings (SSSR count). The molecule has 0 saturated heterocycles. The Balaban J connectivity index is 3.03. The number of nitrogens with two attached hydrogens (primary N) is 1. The molecule has 210 valence electrons. The third kappa shape index (κ3) is 10.8. The Bertz CT molecular complexity index is 1010. The molecule has 0 aliphatic rings. The molecule has 9 N–H and O–H groups in total. The number of benzene rings is 1. The number of hydrogen-bond acceptors (Lipinski definition) is 8. The number of nitrogens with one attached hydrogen (secondary N) is 3. The molecular weight excluding hydrogens is 504 g/mol. The van der Waals surface area contributed by atoms with Crippen molar-refractivity contribution in [2.75, 3.05) is 0 Å². The van der Waals surface area contributed by atoms with Crippen LogP contribution in [0, 0.1) is 5.92 Å². The Morgan fingerprint density at radius 2 is 1.39 bits per heavy atom. The first-order chi connectivity index (χ1) is 17.7. The predicted molar refractivity (Wildman–Crippen MR) is 132 cm³/mol. The number of phenolic OH excluding ortho intramolecular Hbond substituents is 1. The Morgan fingerprint density at radius 3 is 1.89 bits per heavy atom. The van der Waals surface area contributed by atoms with Crippen LogP contribution in [0.25, 0.3) is 0 Å². The summed E-state index contributed by atoms with van der Waals surface area (Å²) in [6, 6.07) is 0.163. The largest absolute Gasteiger partial charge is 0.508 e. The van der Waals surface area contributed by atoms with Crippen molar-refractivity contribution in [3.63, 3.8) is 0 Å². The summed E-state index contributed by atoms with van der Waals surface area (Å²) in [5.74, 6) is -7.51. The van der Waals surface area contributed by atoms with Crippen molar-refractivity contribution in [1.82, 2.24) is 16.0 Å². The van der Waals surface area contributed by atoms with Gasteiger partial charge < -0.3 is 42.1 Å². The van der Waals surface area contributed by atoms with E-state index in [2.05, 4.69) is 16.0 Å². The smallest absolute Gasteiger partial charge is 0.326 e. The highest BCUT2D eigenvalue weighted by Gasteiger charge is 2.33. The quantitative estimate of drug-likeness (QED) is 0.129. The number of carboxylic acid groups (broad SMARTS) is 3. The minimum atomic E-state index is -1.71. The molecule has 5 atom stereocenters. The van der Waals surface area contributed by atoms with E-state index in [9.17, 15) is 44.1 Å². The molecular formula is C24H34N4O10. The Hall–Kier alpha value is -4.20. The average molecular weight is 539 g/mol. The average Bonchev–Trinajstić information content (AvgIpc) is 2.84.